The van der Waals surface area contributed by atoms with Gasteiger partial charge in [-0.25, -0.2) is 8.42 Å². The molecule has 1 aliphatic heterocycles. The van der Waals surface area contributed by atoms with Crippen LogP contribution in [0.1, 0.15) is 0 Å². The molecule has 0 unspecified atom stereocenters. The third-order valence-corrected chi connectivity index (χ3v) is 5.37. The van der Waals surface area contributed by atoms with Crippen molar-refractivity contribution in [2.24, 2.45) is 0 Å². The van der Waals surface area contributed by atoms with Gasteiger partial charge < -0.3 is 14.2 Å². The van der Waals surface area contributed by atoms with Crippen molar-refractivity contribution < 1.29 is 22.6 Å². The summed E-state index contributed by atoms with van der Waals surface area (Å²) in [6, 6.07) is 11.5. The van der Waals surface area contributed by atoms with Crippen molar-refractivity contribution in [2.75, 3.05) is 31.7 Å². The fraction of sp³-hybridized carbons (Fsp3) is 0.250. The summed E-state index contributed by atoms with van der Waals surface area (Å²) in [5, 5.41) is 0. The Bertz CT molecular complexity index is 819. The number of sulfonamides is 1. The fourth-order valence-corrected chi connectivity index (χ4v) is 3.49. The van der Waals surface area contributed by atoms with Gasteiger partial charge in [-0.2, -0.15) is 0 Å². The second kappa shape index (κ2) is 6.00. The first-order valence-corrected chi connectivity index (χ1v) is 8.49. The van der Waals surface area contributed by atoms with Crippen LogP contribution in [0.2, 0.25) is 0 Å². The monoisotopic (exact) mass is 335 g/mol. The summed E-state index contributed by atoms with van der Waals surface area (Å²) in [4.78, 5) is 0.145. The SMILES string of the molecule is COc1cccc(N(C)S(=O)(=O)c2ccc3c(c2)OCCO3)c1. The molecule has 122 valence electrons. The number of nitrogens with zero attached hydrogens (tertiary/aromatic N) is 1. The lowest BCUT2D eigenvalue weighted by atomic mass is 10.3. The molecule has 7 heteroatoms. The molecule has 3 rings (SSSR count). The molecule has 2 aromatic carbocycles. The smallest absolute Gasteiger partial charge is 0.264 e. The number of rotatable bonds is 4. The Hall–Kier alpha value is -2.41. The highest BCUT2D eigenvalue weighted by atomic mass is 32.2. The molecular weight excluding hydrogens is 318 g/mol. The van der Waals surface area contributed by atoms with Crippen LogP contribution < -0.4 is 18.5 Å². The molecule has 23 heavy (non-hydrogen) atoms. The zero-order valence-corrected chi connectivity index (χ0v) is 13.7. The van der Waals surface area contributed by atoms with Crippen molar-refractivity contribution in [3.05, 3.63) is 42.5 Å². The summed E-state index contributed by atoms with van der Waals surface area (Å²) >= 11 is 0. The number of hydrogen-bond donors (Lipinski definition) is 0. The molecule has 6 nitrogen and oxygen atoms in total. The van der Waals surface area contributed by atoms with Crippen LogP contribution in [0.25, 0.3) is 0 Å². The molecule has 0 saturated heterocycles. The summed E-state index contributed by atoms with van der Waals surface area (Å²) in [7, 11) is -0.671. The van der Waals surface area contributed by atoms with Crippen LogP contribution >= 0.6 is 0 Å². The molecule has 0 aliphatic carbocycles. The summed E-state index contributed by atoms with van der Waals surface area (Å²) < 4.78 is 42.8. The minimum absolute atomic E-state index is 0.145. The lowest BCUT2D eigenvalue weighted by Crippen LogP contribution is -2.26. The molecule has 0 aromatic heterocycles. The Morgan fingerprint density at radius 1 is 1.04 bits per heavy atom. The van der Waals surface area contributed by atoms with E-state index in [1.807, 2.05) is 0 Å². The average Bonchev–Trinajstić information content (AvgIpc) is 2.60. The predicted molar refractivity (Wildman–Crippen MR) is 86.0 cm³/mol. The molecule has 0 atom stereocenters. The van der Waals surface area contributed by atoms with Gasteiger partial charge >= 0.3 is 0 Å². The Kier molecular flexibility index (Phi) is 4.04. The van der Waals surface area contributed by atoms with Crippen LogP contribution in [0.15, 0.2) is 47.4 Å². The predicted octanol–water partition coefficient (Wildman–Crippen LogP) is 2.29. The standard InChI is InChI=1S/C16H17NO5S/c1-17(12-4-3-5-13(10-12)20-2)23(18,19)14-6-7-15-16(11-14)22-9-8-21-15/h3-7,10-11H,8-9H2,1-2H3. The van der Waals surface area contributed by atoms with Crippen molar-refractivity contribution in [2.45, 2.75) is 4.90 Å². The van der Waals surface area contributed by atoms with E-state index in [-0.39, 0.29) is 4.90 Å². The first-order chi connectivity index (χ1) is 11.0. The van der Waals surface area contributed by atoms with Crippen LogP contribution in [-0.2, 0) is 10.0 Å². The van der Waals surface area contributed by atoms with E-state index in [0.717, 1.165) is 0 Å². The number of fused-ring (bicyclic) bond motifs is 1. The summed E-state index contributed by atoms with van der Waals surface area (Å²) in [5.74, 6) is 1.59. The first-order valence-electron chi connectivity index (χ1n) is 7.05. The second-order valence-corrected chi connectivity index (χ2v) is 6.95. The molecule has 2 aromatic rings. The van der Waals surface area contributed by atoms with Gasteiger partial charge in [0.2, 0.25) is 0 Å². The van der Waals surface area contributed by atoms with Crippen LogP contribution in [0.5, 0.6) is 17.2 Å². The van der Waals surface area contributed by atoms with E-state index >= 15 is 0 Å². The van der Waals surface area contributed by atoms with Crippen molar-refractivity contribution >= 4 is 15.7 Å². The van der Waals surface area contributed by atoms with E-state index in [1.165, 1.54) is 30.6 Å². The van der Waals surface area contributed by atoms with Gasteiger partial charge in [-0.1, -0.05) is 6.07 Å². The van der Waals surface area contributed by atoms with Crippen molar-refractivity contribution in [3.63, 3.8) is 0 Å². The maximum atomic E-state index is 12.8. The highest BCUT2D eigenvalue weighted by molar-refractivity contribution is 7.92. The molecule has 1 aliphatic rings. The van der Waals surface area contributed by atoms with Crippen LogP contribution in [0, 0.1) is 0 Å². The summed E-state index contributed by atoms with van der Waals surface area (Å²) in [5.41, 5.74) is 0.513. The molecule has 1 heterocycles. The maximum Gasteiger partial charge on any atom is 0.264 e. The zero-order chi connectivity index (χ0) is 16.4. The fourth-order valence-electron chi connectivity index (χ4n) is 2.29. The Balaban J connectivity index is 1.97. The highest BCUT2D eigenvalue weighted by Gasteiger charge is 2.24. The molecular formula is C16H17NO5S. The van der Waals surface area contributed by atoms with Gasteiger partial charge in [-0.15, -0.1) is 0 Å². The largest absolute Gasteiger partial charge is 0.497 e. The van der Waals surface area contributed by atoms with E-state index in [4.69, 9.17) is 14.2 Å². The summed E-state index contributed by atoms with van der Waals surface area (Å²) in [6.45, 7) is 0.866. The van der Waals surface area contributed by atoms with E-state index in [0.29, 0.717) is 36.1 Å². The number of methoxy groups -OCH3 is 1. The van der Waals surface area contributed by atoms with Crippen molar-refractivity contribution in [1.29, 1.82) is 0 Å². The molecule has 0 amide bonds. The van der Waals surface area contributed by atoms with E-state index in [2.05, 4.69) is 0 Å². The van der Waals surface area contributed by atoms with Crippen LogP contribution in [0.4, 0.5) is 5.69 Å². The van der Waals surface area contributed by atoms with Gasteiger partial charge in [0.25, 0.3) is 10.0 Å². The molecule has 0 fully saturated rings. The number of benzene rings is 2. The van der Waals surface area contributed by atoms with Crippen LogP contribution in [-0.4, -0.2) is 35.8 Å². The molecule has 0 spiro atoms. The number of hydrogen-bond acceptors (Lipinski definition) is 5. The van der Waals surface area contributed by atoms with Crippen LogP contribution in [0.3, 0.4) is 0 Å². The van der Waals surface area contributed by atoms with E-state index < -0.39 is 10.0 Å². The molecule has 0 radical (unpaired) electrons. The minimum Gasteiger partial charge on any atom is -0.497 e. The molecule has 0 bridgehead atoms. The number of anilines is 1. The van der Waals surface area contributed by atoms with E-state index in [9.17, 15) is 8.42 Å². The lowest BCUT2D eigenvalue weighted by molar-refractivity contribution is 0.171. The van der Waals surface area contributed by atoms with Gasteiger partial charge in [-0.3, -0.25) is 4.31 Å². The molecule has 0 saturated carbocycles. The topological polar surface area (TPSA) is 65.1 Å². The Labute approximate surface area is 135 Å². The number of ether oxygens (including phenoxy) is 3. The maximum absolute atomic E-state index is 12.8. The Morgan fingerprint density at radius 3 is 2.52 bits per heavy atom. The highest BCUT2D eigenvalue weighted by Crippen LogP contribution is 2.34. The third-order valence-electron chi connectivity index (χ3n) is 3.59. The van der Waals surface area contributed by atoms with Gasteiger partial charge in [0, 0.05) is 19.2 Å². The molecule has 0 N–H and O–H groups in total. The quantitative estimate of drug-likeness (QED) is 0.858. The van der Waals surface area contributed by atoms with Gasteiger partial charge in [-0.05, 0) is 24.3 Å². The third kappa shape index (κ3) is 2.92. The first kappa shape index (κ1) is 15.5. The summed E-state index contributed by atoms with van der Waals surface area (Å²) in [6.07, 6.45) is 0. The van der Waals surface area contributed by atoms with E-state index in [1.54, 1.807) is 30.3 Å². The lowest BCUT2D eigenvalue weighted by Gasteiger charge is -2.22. The normalized spacial score (nSPS) is 13.5. The van der Waals surface area contributed by atoms with Gasteiger partial charge in [0.1, 0.15) is 19.0 Å². The van der Waals surface area contributed by atoms with Crippen molar-refractivity contribution in [1.82, 2.24) is 0 Å². The average molecular weight is 335 g/mol. The Morgan fingerprint density at radius 2 is 1.78 bits per heavy atom. The van der Waals surface area contributed by atoms with Crippen molar-refractivity contribution in [3.8, 4) is 17.2 Å². The van der Waals surface area contributed by atoms with Gasteiger partial charge in [0.05, 0.1) is 17.7 Å². The second-order valence-electron chi connectivity index (χ2n) is 4.98. The minimum atomic E-state index is -3.71. The van der Waals surface area contributed by atoms with Gasteiger partial charge in [0.15, 0.2) is 11.5 Å². The zero-order valence-electron chi connectivity index (χ0n) is 12.9.